The molecule has 3 N–H and O–H groups in total. The van der Waals surface area contributed by atoms with Gasteiger partial charge in [0, 0.05) is 18.8 Å². The van der Waals surface area contributed by atoms with Gasteiger partial charge in [0.1, 0.15) is 0 Å². The summed E-state index contributed by atoms with van der Waals surface area (Å²) in [6.07, 6.45) is 3.99. The molecule has 3 heterocycles. The fraction of sp³-hybridized carbons (Fsp3) is 0.462. The van der Waals surface area contributed by atoms with Gasteiger partial charge in [-0.1, -0.05) is 5.16 Å². The lowest BCUT2D eigenvalue weighted by molar-refractivity contribution is 0.306. The van der Waals surface area contributed by atoms with Crippen LogP contribution in [0.25, 0.3) is 11.5 Å². The minimum absolute atomic E-state index is 0.167. The SMILES string of the molecule is NC(CN1CCCC1)c1noc(-c2ccc(=O)[nH]c2)n1. The molecule has 0 saturated carbocycles. The Morgan fingerprint density at radius 1 is 1.40 bits per heavy atom. The lowest BCUT2D eigenvalue weighted by atomic mass is 10.2. The molecule has 1 aliphatic rings. The molecule has 0 amide bonds. The molecule has 7 nitrogen and oxygen atoms in total. The molecule has 1 atom stereocenters. The highest BCUT2D eigenvalue weighted by Crippen LogP contribution is 2.18. The van der Waals surface area contributed by atoms with E-state index in [9.17, 15) is 4.79 Å². The van der Waals surface area contributed by atoms with Gasteiger partial charge in [-0.3, -0.25) is 4.79 Å². The third kappa shape index (κ3) is 2.78. The van der Waals surface area contributed by atoms with E-state index in [1.165, 1.54) is 18.9 Å². The molecule has 1 unspecified atom stereocenters. The Balaban J connectivity index is 1.72. The molecule has 0 aliphatic carbocycles. The lowest BCUT2D eigenvalue weighted by Gasteiger charge is -2.17. The fourth-order valence-corrected chi connectivity index (χ4v) is 2.37. The van der Waals surface area contributed by atoms with Crippen molar-refractivity contribution in [3.05, 3.63) is 34.5 Å². The molecule has 0 radical (unpaired) electrons. The second-order valence-electron chi connectivity index (χ2n) is 5.01. The predicted octanol–water partition coefficient (Wildman–Crippen LogP) is 0.520. The Bertz CT molecular complexity index is 609. The summed E-state index contributed by atoms with van der Waals surface area (Å²) in [5.74, 6) is 0.867. The predicted molar refractivity (Wildman–Crippen MR) is 73.0 cm³/mol. The van der Waals surface area contributed by atoms with Crippen molar-refractivity contribution in [2.75, 3.05) is 19.6 Å². The van der Waals surface area contributed by atoms with Gasteiger partial charge in [-0.05, 0) is 32.0 Å². The van der Waals surface area contributed by atoms with E-state index < -0.39 is 0 Å². The molecular weight excluding hydrogens is 258 g/mol. The van der Waals surface area contributed by atoms with Crippen LogP contribution in [-0.4, -0.2) is 39.7 Å². The summed E-state index contributed by atoms with van der Waals surface area (Å²) in [7, 11) is 0. The standard InChI is InChI=1S/C13H17N5O2/c14-10(8-18-5-1-2-6-18)12-16-13(20-17-12)9-3-4-11(19)15-7-9/h3-4,7,10H,1-2,5-6,8,14H2,(H,15,19). The minimum Gasteiger partial charge on any atom is -0.334 e. The molecule has 1 saturated heterocycles. The molecule has 20 heavy (non-hydrogen) atoms. The number of H-pyrrole nitrogens is 1. The quantitative estimate of drug-likeness (QED) is 0.843. The van der Waals surface area contributed by atoms with Gasteiger partial charge in [-0.2, -0.15) is 4.98 Å². The van der Waals surface area contributed by atoms with Crippen molar-refractivity contribution in [2.24, 2.45) is 5.73 Å². The average Bonchev–Trinajstić information content (AvgIpc) is 3.10. The Kier molecular flexibility index (Phi) is 3.62. The number of nitrogens with one attached hydrogen (secondary N) is 1. The number of pyridine rings is 1. The van der Waals surface area contributed by atoms with Gasteiger partial charge < -0.3 is 20.1 Å². The van der Waals surface area contributed by atoms with Crippen LogP contribution < -0.4 is 11.3 Å². The van der Waals surface area contributed by atoms with Gasteiger partial charge in [-0.25, -0.2) is 0 Å². The van der Waals surface area contributed by atoms with E-state index in [1.807, 2.05) is 0 Å². The topological polar surface area (TPSA) is 101 Å². The van der Waals surface area contributed by atoms with Crippen LogP contribution in [0.5, 0.6) is 0 Å². The van der Waals surface area contributed by atoms with Crippen LogP contribution in [0.1, 0.15) is 24.7 Å². The zero-order valence-electron chi connectivity index (χ0n) is 11.1. The molecule has 3 rings (SSSR count). The summed E-state index contributed by atoms with van der Waals surface area (Å²) < 4.78 is 5.19. The van der Waals surface area contributed by atoms with Crippen molar-refractivity contribution in [3.63, 3.8) is 0 Å². The highest BCUT2D eigenvalue weighted by atomic mass is 16.5. The molecule has 0 bridgehead atoms. The Morgan fingerprint density at radius 3 is 2.90 bits per heavy atom. The van der Waals surface area contributed by atoms with Crippen molar-refractivity contribution in [1.29, 1.82) is 0 Å². The summed E-state index contributed by atoms with van der Waals surface area (Å²) in [5, 5.41) is 3.93. The molecule has 7 heteroatoms. The molecule has 1 aliphatic heterocycles. The van der Waals surface area contributed by atoms with E-state index in [4.69, 9.17) is 10.3 Å². The maximum atomic E-state index is 11.0. The van der Waals surface area contributed by atoms with Crippen LogP contribution in [0.4, 0.5) is 0 Å². The maximum absolute atomic E-state index is 11.0. The second-order valence-corrected chi connectivity index (χ2v) is 5.01. The first-order valence-corrected chi connectivity index (χ1v) is 6.73. The van der Waals surface area contributed by atoms with E-state index in [-0.39, 0.29) is 11.6 Å². The van der Waals surface area contributed by atoms with Gasteiger partial charge in [0.25, 0.3) is 5.89 Å². The van der Waals surface area contributed by atoms with Crippen LogP contribution >= 0.6 is 0 Å². The number of aromatic amines is 1. The fourth-order valence-electron chi connectivity index (χ4n) is 2.37. The monoisotopic (exact) mass is 275 g/mol. The average molecular weight is 275 g/mol. The zero-order chi connectivity index (χ0) is 13.9. The van der Waals surface area contributed by atoms with E-state index in [1.54, 1.807) is 12.3 Å². The van der Waals surface area contributed by atoms with Crippen LogP contribution in [-0.2, 0) is 0 Å². The Hall–Kier alpha value is -1.99. The highest BCUT2D eigenvalue weighted by Gasteiger charge is 2.20. The number of hydrogen-bond acceptors (Lipinski definition) is 6. The van der Waals surface area contributed by atoms with Crippen LogP contribution in [0.3, 0.4) is 0 Å². The smallest absolute Gasteiger partial charge is 0.259 e. The van der Waals surface area contributed by atoms with E-state index in [0.717, 1.165) is 19.6 Å². The van der Waals surface area contributed by atoms with Crippen molar-refractivity contribution < 1.29 is 4.52 Å². The number of aromatic nitrogens is 3. The summed E-state index contributed by atoms with van der Waals surface area (Å²) in [4.78, 5) is 20.2. The summed E-state index contributed by atoms with van der Waals surface area (Å²) in [6.45, 7) is 2.90. The largest absolute Gasteiger partial charge is 0.334 e. The van der Waals surface area contributed by atoms with E-state index in [2.05, 4.69) is 20.0 Å². The van der Waals surface area contributed by atoms with Crippen molar-refractivity contribution in [1.82, 2.24) is 20.0 Å². The molecular formula is C13H17N5O2. The van der Waals surface area contributed by atoms with Crippen LogP contribution in [0, 0.1) is 0 Å². The second kappa shape index (κ2) is 5.56. The van der Waals surface area contributed by atoms with Crippen molar-refractivity contribution in [3.8, 4) is 11.5 Å². The number of nitrogens with two attached hydrogens (primary N) is 1. The number of likely N-dealkylation sites (tertiary alicyclic amines) is 1. The Labute approximate surface area is 115 Å². The molecule has 1 fully saturated rings. The minimum atomic E-state index is -0.256. The van der Waals surface area contributed by atoms with Crippen LogP contribution in [0.15, 0.2) is 27.6 Å². The first kappa shape index (κ1) is 13.0. The van der Waals surface area contributed by atoms with Gasteiger partial charge in [0.05, 0.1) is 11.6 Å². The van der Waals surface area contributed by atoms with Gasteiger partial charge in [-0.15, -0.1) is 0 Å². The number of nitrogens with zero attached hydrogens (tertiary/aromatic N) is 3. The van der Waals surface area contributed by atoms with Gasteiger partial charge >= 0.3 is 0 Å². The molecule has 106 valence electrons. The number of hydrogen-bond donors (Lipinski definition) is 2. The molecule has 0 spiro atoms. The zero-order valence-corrected chi connectivity index (χ0v) is 11.1. The molecule has 2 aromatic heterocycles. The van der Waals surface area contributed by atoms with E-state index >= 15 is 0 Å². The van der Waals surface area contributed by atoms with E-state index in [0.29, 0.717) is 17.3 Å². The number of rotatable bonds is 4. The summed E-state index contributed by atoms with van der Waals surface area (Å²) in [6, 6.07) is 2.80. The molecule has 2 aromatic rings. The third-order valence-electron chi connectivity index (χ3n) is 3.46. The lowest BCUT2D eigenvalue weighted by Crippen LogP contribution is -2.30. The summed E-state index contributed by atoms with van der Waals surface area (Å²) >= 11 is 0. The highest BCUT2D eigenvalue weighted by molar-refractivity contribution is 5.50. The maximum Gasteiger partial charge on any atom is 0.259 e. The normalized spacial score (nSPS) is 17.4. The van der Waals surface area contributed by atoms with Gasteiger partial charge in [0.2, 0.25) is 5.56 Å². The van der Waals surface area contributed by atoms with Crippen molar-refractivity contribution in [2.45, 2.75) is 18.9 Å². The van der Waals surface area contributed by atoms with Gasteiger partial charge in [0.15, 0.2) is 5.82 Å². The van der Waals surface area contributed by atoms with Crippen molar-refractivity contribution >= 4 is 0 Å². The first-order valence-electron chi connectivity index (χ1n) is 6.73. The molecule has 0 aromatic carbocycles. The summed E-state index contributed by atoms with van der Waals surface area (Å²) in [5.41, 5.74) is 6.62. The first-order chi connectivity index (χ1) is 9.72. The third-order valence-corrected chi connectivity index (χ3v) is 3.46. The van der Waals surface area contributed by atoms with Crippen LogP contribution in [0.2, 0.25) is 0 Å². The Morgan fingerprint density at radius 2 is 2.20 bits per heavy atom.